The van der Waals surface area contributed by atoms with Gasteiger partial charge >= 0.3 is 0 Å². The molecule has 7 nitrogen and oxygen atoms in total. The molecule has 1 aliphatic heterocycles. The average molecular weight is 427 g/mol. The molecule has 1 aromatic carbocycles. The second-order valence-electron chi connectivity index (χ2n) is 6.77. The Bertz CT molecular complexity index is 1180. The zero-order valence-corrected chi connectivity index (χ0v) is 17.1. The molecule has 0 spiro atoms. The lowest BCUT2D eigenvalue weighted by Crippen LogP contribution is -2.28. The Morgan fingerprint density at radius 3 is 3.00 bits per heavy atom. The second kappa shape index (κ2) is 8.10. The SMILES string of the molecule is O=c1c2ccccc2nc(SCc2nc(-c3ccsc3)no2)n1CC1CCCO1. The van der Waals surface area contributed by atoms with Crippen LogP contribution < -0.4 is 5.56 Å². The normalized spacial score (nSPS) is 16.6. The molecule has 1 unspecified atom stereocenters. The molecule has 0 aliphatic carbocycles. The van der Waals surface area contributed by atoms with E-state index in [-0.39, 0.29) is 11.7 Å². The van der Waals surface area contributed by atoms with Crippen LogP contribution in [0, 0.1) is 0 Å². The first kappa shape index (κ1) is 18.5. The molecule has 5 rings (SSSR count). The smallest absolute Gasteiger partial charge is 0.262 e. The van der Waals surface area contributed by atoms with Gasteiger partial charge in [-0.15, -0.1) is 0 Å². The van der Waals surface area contributed by atoms with Crippen molar-refractivity contribution in [3.8, 4) is 11.4 Å². The Kier molecular flexibility index (Phi) is 5.17. The second-order valence-corrected chi connectivity index (χ2v) is 8.50. The minimum Gasteiger partial charge on any atom is -0.376 e. The first-order valence-corrected chi connectivity index (χ1v) is 11.3. The van der Waals surface area contributed by atoms with Gasteiger partial charge in [0, 0.05) is 17.6 Å². The summed E-state index contributed by atoms with van der Waals surface area (Å²) < 4.78 is 12.9. The molecule has 4 aromatic rings. The van der Waals surface area contributed by atoms with Crippen LogP contribution in [0.4, 0.5) is 0 Å². The Hall–Kier alpha value is -2.49. The quantitative estimate of drug-likeness (QED) is 0.341. The number of aromatic nitrogens is 4. The lowest BCUT2D eigenvalue weighted by atomic mass is 10.2. The minimum atomic E-state index is -0.0434. The molecule has 0 saturated carbocycles. The first-order valence-electron chi connectivity index (χ1n) is 9.37. The monoisotopic (exact) mass is 426 g/mol. The number of fused-ring (bicyclic) bond motifs is 1. The third-order valence-corrected chi connectivity index (χ3v) is 6.45. The van der Waals surface area contributed by atoms with Gasteiger partial charge in [-0.25, -0.2) is 4.98 Å². The number of thiophene rings is 1. The van der Waals surface area contributed by atoms with Crippen LogP contribution in [0.25, 0.3) is 22.3 Å². The van der Waals surface area contributed by atoms with Crippen molar-refractivity contribution in [2.75, 3.05) is 6.61 Å². The molecule has 1 atom stereocenters. The van der Waals surface area contributed by atoms with E-state index in [1.807, 2.05) is 41.1 Å². The van der Waals surface area contributed by atoms with Crippen molar-refractivity contribution in [2.24, 2.45) is 0 Å². The molecule has 0 bridgehead atoms. The summed E-state index contributed by atoms with van der Waals surface area (Å²) in [4.78, 5) is 22.3. The van der Waals surface area contributed by atoms with Crippen molar-refractivity contribution in [1.82, 2.24) is 19.7 Å². The number of hydrogen-bond acceptors (Lipinski definition) is 8. The van der Waals surface area contributed by atoms with Crippen LogP contribution >= 0.6 is 23.1 Å². The molecule has 0 radical (unpaired) electrons. The molecule has 0 amide bonds. The number of rotatable bonds is 6. The maximum Gasteiger partial charge on any atom is 0.262 e. The van der Waals surface area contributed by atoms with Gasteiger partial charge in [0.05, 0.1) is 29.3 Å². The van der Waals surface area contributed by atoms with E-state index >= 15 is 0 Å². The standard InChI is InChI=1S/C20H18N4O3S2/c25-19-15-5-1-2-6-16(15)21-20(24(19)10-14-4-3-8-26-14)29-12-17-22-18(23-27-17)13-7-9-28-11-13/h1-2,5-7,9,11,14H,3-4,8,10,12H2. The number of ether oxygens (including phenoxy) is 1. The van der Waals surface area contributed by atoms with Crippen molar-refractivity contribution < 1.29 is 9.26 Å². The van der Waals surface area contributed by atoms with E-state index in [0.717, 1.165) is 25.0 Å². The molecule has 3 aromatic heterocycles. The Labute approximate surface area is 174 Å². The van der Waals surface area contributed by atoms with E-state index in [1.54, 1.807) is 15.9 Å². The number of thioether (sulfide) groups is 1. The highest BCUT2D eigenvalue weighted by Gasteiger charge is 2.21. The number of para-hydroxylation sites is 1. The summed E-state index contributed by atoms with van der Waals surface area (Å²) >= 11 is 3.01. The van der Waals surface area contributed by atoms with Gasteiger partial charge in [0.1, 0.15) is 0 Å². The van der Waals surface area contributed by atoms with E-state index in [0.29, 0.717) is 40.1 Å². The Morgan fingerprint density at radius 2 is 2.17 bits per heavy atom. The van der Waals surface area contributed by atoms with Crippen LogP contribution in [0.5, 0.6) is 0 Å². The zero-order chi connectivity index (χ0) is 19.6. The lowest BCUT2D eigenvalue weighted by Gasteiger charge is -2.16. The van der Waals surface area contributed by atoms with Gasteiger partial charge < -0.3 is 9.26 Å². The van der Waals surface area contributed by atoms with Gasteiger partial charge in [0.25, 0.3) is 5.56 Å². The van der Waals surface area contributed by atoms with Crippen molar-refractivity contribution in [3.63, 3.8) is 0 Å². The van der Waals surface area contributed by atoms with Crippen molar-refractivity contribution in [3.05, 3.63) is 57.3 Å². The van der Waals surface area contributed by atoms with Gasteiger partial charge in [0.2, 0.25) is 11.7 Å². The maximum atomic E-state index is 13.1. The predicted octanol–water partition coefficient (Wildman–Crippen LogP) is 3.98. The van der Waals surface area contributed by atoms with Crippen LogP contribution in [0.2, 0.25) is 0 Å². The molecule has 9 heteroatoms. The van der Waals surface area contributed by atoms with E-state index in [2.05, 4.69) is 10.1 Å². The van der Waals surface area contributed by atoms with Crippen molar-refractivity contribution in [2.45, 2.75) is 36.4 Å². The van der Waals surface area contributed by atoms with Gasteiger partial charge in [0.15, 0.2) is 5.16 Å². The van der Waals surface area contributed by atoms with Gasteiger partial charge in [-0.2, -0.15) is 16.3 Å². The summed E-state index contributed by atoms with van der Waals surface area (Å²) in [6.07, 6.45) is 2.02. The fourth-order valence-electron chi connectivity index (χ4n) is 3.36. The minimum absolute atomic E-state index is 0.0434. The van der Waals surface area contributed by atoms with Crippen molar-refractivity contribution >= 4 is 34.0 Å². The van der Waals surface area contributed by atoms with Crippen LogP contribution in [0.1, 0.15) is 18.7 Å². The third-order valence-electron chi connectivity index (χ3n) is 4.81. The summed E-state index contributed by atoms with van der Waals surface area (Å²) in [5.74, 6) is 1.51. The molecule has 29 heavy (non-hydrogen) atoms. The highest BCUT2D eigenvalue weighted by Crippen LogP contribution is 2.25. The highest BCUT2D eigenvalue weighted by molar-refractivity contribution is 7.98. The summed E-state index contributed by atoms with van der Waals surface area (Å²) in [6.45, 7) is 1.25. The number of hydrogen-bond donors (Lipinski definition) is 0. The van der Waals surface area contributed by atoms with E-state index < -0.39 is 0 Å². The summed E-state index contributed by atoms with van der Waals surface area (Å²) in [7, 11) is 0. The Balaban J connectivity index is 1.44. The zero-order valence-electron chi connectivity index (χ0n) is 15.5. The molecule has 1 saturated heterocycles. The maximum absolute atomic E-state index is 13.1. The Morgan fingerprint density at radius 1 is 1.24 bits per heavy atom. The molecular weight excluding hydrogens is 408 g/mol. The topological polar surface area (TPSA) is 83.0 Å². The molecule has 0 N–H and O–H groups in total. The average Bonchev–Trinajstić information content (AvgIpc) is 3.51. The molecule has 148 valence electrons. The summed E-state index contributed by atoms with van der Waals surface area (Å²) in [5.41, 5.74) is 1.58. The summed E-state index contributed by atoms with van der Waals surface area (Å²) in [6, 6.07) is 9.38. The molecule has 1 fully saturated rings. The van der Waals surface area contributed by atoms with Gasteiger partial charge in [-0.3, -0.25) is 9.36 Å². The van der Waals surface area contributed by atoms with Gasteiger partial charge in [-0.05, 0) is 36.4 Å². The molecule has 4 heterocycles. The number of benzene rings is 1. The number of nitrogens with zero attached hydrogens (tertiary/aromatic N) is 4. The van der Waals surface area contributed by atoms with E-state index in [4.69, 9.17) is 14.2 Å². The van der Waals surface area contributed by atoms with Crippen LogP contribution in [-0.2, 0) is 17.0 Å². The molecule has 1 aliphatic rings. The van der Waals surface area contributed by atoms with Crippen molar-refractivity contribution in [1.29, 1.82) is 0 Å². The van der Waals surface area contributed by atoms with Crippen LogP contribution in [0.3, 0.4) is 0 Å². The van der Waals surface area contributed by atoms with Crippen LogP contribution in [-0.4, -0.2) is 32.4 Å². The fraction of sp³-hybridized carbons (Fsp3) is 0.300. The summed E-state index contributed by atoms with van der Waals surface area (Å²) in [5, 5.41) is 9.25. The lowest BCUT2D eigenvalue weighted by molar-refractivity contribution is 0.0937. The van der Waals surface area contributed by atoms with E-state index in [1.165, 1.54) is 11.8 Å². The van der Waals surface area contributed by atoms with E-state index in [9.17, 15) is 4.79 Å². The molecular formula is C20H18N4O3S2. The predicted molar refractivity (Wildman–Crippen MR) is 112 cm³/mol. The van der Waals surface area contributed by atoms with Gasteiger partial charge in [-0.1, -0.05) is 29.1 Å². The largest absolute Gasteiger partial charge is 0.376 e. The first-order chi connectivity index (χ1) is 14.3. The fourth-order valence-corrected chi connectivity index (χ4v) is 4.84. The third kappa shape index (κ3) is 3.85. The van der Waals surface area contributed by atoms with Crippen LogP contribution in [0.15, 0.2) is 55.6 Å². The highest BCUT2D eigenvalue weighted by atomic mass is 32.2.